The van der Waals surface area contributed by atoms with Crippen LogP contribution in [0.25, 0.3) is 0 Å². The maximum Gasteiger partial charge on any atom is 0.129 e. The zero-order chi connectivity index (χ0) is 13.5. The molecule has 0 fully saturated rings. The van der Waals surface area contributed by atoms with Crippen molar-refractivity contribution in [2.75, 3.05) is 6.54 Å². The summed E-state index contributed by atoms with van der Waals surface area (Å²) in [4.78, 5) is 0. The Morgan fingerprint density at radius 2 is 2.06 bits per heavy atom. The molecule has 1 aromatic rings. The molecule has 0 saturated carbocycles. The Hall–Kier alpha value is -0.600. The van der Waals surface area contributed by atoms with Crippen LogP contribution in [0.5, 0.6) is 0 Å². The molecule has 1 aromatic carbocycles. The smallest absolute Gasteiger partial charge is 0.129 e. The van der Waals surface area contributed by atoms with Crippen LogP contribution < -0.4 is 5.32 Å². The maximum absolute atomic E-state index is 14.0. The summed E-state index contributed by atoms with van der Waals surface area (Å²) in [5.41, 5.74) is 0.727. The van der Waals surface area contributed by atoms with E-state index in [1.807, 2.05) is 6.92 Å². The third-order valence-corrected chi connectivity index (χ3v) is 3.54. The molecule has 3 heteroatoms. The predicted octanol–water partition coefficient (Wildman–Crippen LogP) is 4.96. The van der Waals surface area contributed by atoms with Gasteiger partial charge in [-0.15, -0.1) is 0 Å². The molecule has 1 rings (SSSR count). The fourth-order valence-corrected chi connectivity index (χ4v) is 2.44. The Morgan fingerprint density at radius 3 is 2.61 bits per heavy atom. The molecule has 0 saturated heterocycles. The van der Waals surface area contributed by atoms with Crippen LogP contribution in [-0.2, 0) is 0 Å². The molecule has 18 heavy (non-hydrogen) atoms. The van der Waals surface area contributed by atoms with E-state index in [-0.39, 0.29) is 11.9 Å². The van der Waals surface area contributed by atoms with Gasteiger partial charge in [0.2, 0.25) is 0 Å². The zero-order valence-electron chi connectivity index (χ0n) is 11.5. The van der Waals surface area contributed by atoms with E-state index in [1.165, 1.54) is 18.9 Å². The molecule has 102 valence electrons. The molecule has 0 aromatic heterocycles. The van der Waals surface area contributed by atoms with Crippen LogP contribution in [0.2, 0.25) is 5.02 Å². The second kappa shape index (κ2) is 7.75. The Bertz CT molecular complexity index is 368. The van der Waals surface area contributed by atoms with Gasteiger partial charge in [-0.05, 0) is 31.0 Å². The first-order valence-electron chi connectivity index (χ1n) is 6.78. The van der Waals surface area contributed by atoms with Gasteiger partial charge in [0, 0.05) is 16.6 Å². The van der Waals surface area contributed by atoms with Crippen LogP contribution in [0.3, 0.4) is 0 Å². The molecular weight excluding hydrogens is 249 g/mol. The summed E-state index contributed by atoms with van der Waals surface area (Å²) < 4.78 is 14.0. The zero-order valence-corrected chi connectivity index (χ0v) is 12.2. The van der Waals surface area contributed by atoms with Crippen LogP contribution in [-0.4, -0.2) is 6.54 Å². The van der Waals surface area contributed by atoms with Crippen molar-refractivity contribution in [2.45, 2.75) is 46.1 Å². The number of benzene rings is 1. The number of hydrogen-bond donors (Lipinski definition) is 1. The van der Waals surface area contributed by atoms with Crippen molar-refractivity contribution < 1.29 is 4.39 Å². The van der Waals surface area contributed by atoms with Gasteiger partial charge >= 0.3 is 0 Å². The van der Waals surface area contributed by atoms with Crippen molar-refractivity contribution in [2.24, 2.45) is 5.92 Å². The Kier molecular flexibility index (Phi) is 6.66. The first-order valence-corrected chi connectivity index (χ1v) is 7.16. The van der Waals surface area contributed by atoms with Gasteiger partial charge in [0.15, 0.2) is 0 Å². The molecule has 1 N–H and O–H groups in total. The van der Waals surface area contributed by atoms with E-state index in [0.717, 1.165) is 18.5 Å². The molecule has 0 heterocycles. The molecule has 0 amide bonds. The lowest BCUT2D eigenvalue weighted by Gasteiger charge is -2.25. The normalized spacial score (nSPS) is 14.5. The van der Waals surface area contributed by atoms with Gasteiger partial charge in [0.25, 0.3) is 0 Å². The highest BCUT2D eigenvalue weighted by Crippen LogP contribution is 2.29. The fraction of sp³-hybridized carbons (Fsp3) is 0.600. The topological polar surface area (TPSA) is 12.0 Å². The molecule has 0 spiro atoms. The summed E-state index contributed by atoms with van der Waals surface area (Å²) in [5, 5.41) is 3.84. The van der Waals surface area contributed by atoms with Crippen LogP contribution in [0.15, 0.2) is 18.2 Å². The minimum absolute atomic E-state index is 0.0683. The van der Waals surface area contributed by atoms with Crippen LogP contribution >= 0.6 is 11.6 Å². The molecular formula is C15H23ClFN. The van der Waals surface area contributed by atoms with Crippen molar-refractivity contribution >= 4 is 11.6 Å². The molecule has 1 nitrogen and oxygen atoms in total. The van der Waals surface area contributed by atoms with E-state index in [2.05, 4.69) is 19.2 Å². The highest BCUT2D eigenvalue weighted by atomic mass is 35.5. The highest BCUT2D eigenvalue weighted by Gasteiger charge is 2.21. The average molecular weight is 272 g/mol. The van der Waals surface area contributed by atoms with E-state index >= 15 is 0 Å². The first-order chi connectivity index (χ1) is 8.60. The predicted molar refractivity (Wildman–Crippen MR) is 76.5 cm³/mol. The van der Waals surface area contributed by atoms with Gasteiger partial charge in [-0.2, -0.15) is 0 Å². The van der Waals surface area contributed by atoms with Gasteiger partial charge in [-0.3, -0.25) is 0 Å². The summed E-state index contributed by atoms with van der Waals surface area (Å²) in [7, 11) is 0. The van der Waals surface area contributed by atoms with Crippen LogP contribution in [0.1, 0.15) is 51.6 Å². The largest absolute Gasteiger partial charge is 0.310 e. The molecule has 0 bridgehead atoms. The second-order valence-electron chi connectivity index (χ2n) is 4.82. The number of nitrogens with one attached hydrogen (secondary N) is 1. The van der Waals surface area contributed by atoms with Gasteiger partial charge in [0.05, 0.1) is 0 Å². The lowest BCUT2D eigenvalue weighted by Crippen LogP contribution is -2.27. The third-order valence-electron chi connectivity index (χ3n) is 3.30. The molecule has 0 aliphatic carbocycles. The number of hydrogen-bond acceptors (Lipinski definition) is 1. The fourth-order valence-electron chi connectivity index (χ4n) is 2.28. The summed E-state index contributed by atoms with van der Waals surface area (Å²) >= 11 is 5.80. The van der Waals surface area contributed by atoms with Gasteiger partial charge in [-0.1, -0.05) is 51.3 Å². The molecule has 0 radical (unpaired) electrons. The average Bonchev–Trinajstić information content (AvgIpc) is 2.34. The minimum atomic E-state index is -0.211. The third kappa shape index (κ3) is 4.25. The first kappa shape index (κ1) is 15.5. The van der Waals surface area contributed by atoms with Crippen LogP contribution in [0.4, 0.5) is 4.39 Å². The van der Waals surface area contributed by atoms with E-state index in [9.17, 15) is 4.39 Å². The summed E-state index contributed by atoms with van der Waals surface area (Å²) in [6.45, 7) is 7.24. The van der Waals surface area contributed by atoms with E-state index in [0.29, 0.717) is 10.9 Å². The SMILES string of the molecule is CCCCC(C)C(NCC)c1ccc(Cl)cc1F. The maximum atomic E-state index is 14.0. The van der Waals surface area contributed by atoms with E-state index in [4.69, 9.17) is 11.6 Å². The summed E-state index contributed by atoms with van der Waals surface area (Å²) in [6.07, 6.45) is 3.46. The lowest BCUT2D eigenvalue weighted by molar-refractivity contribution is 0.353. The van der Waals surface area contributed by atoms with Gasteiger partial charge in [-0.25, -0.2) is 4.39 Å². The molecule has 2 unspecified atom stereocenters. The van der Waals surface area contributed by atoms with Crippen molar-refractivity contribution in [1.82, 2.24) is 5.32 Å². The number of halogens is 2. The summed E-state index contributed by atoms with van der Waals surface area (Å²) in [6, 6.07) is 5.02. The monoisotopic (exact) mass is 271 g/mol. The van der Waals surface area contributed by atoms with Crippen LogP contribution in [0, 0.1) is 11.7 Å². The minimum Gasteiger partial charge on any atom is -0.310 e. The van der Waals surface area contributed by atoms with Crippen molar-refractivity contribution in [3.63, 3.8) is 0 Å². The quantitative estimate of drug-likeness (QED) is 0.739. The Balaban J connectivity index is 2.88. The highest BCUT2D eigenvalue weighted by molar-refractivity contribution is 6.30. The van der Waals surface area contributed by atoms with Crippen molar-refractivity contribution in [3.8, 4) is 0 Å². The van der Waals surface area contributed by atoms with Crippen molar-refractivity contribution in [1.29, 1.82) is 0 Å². The standard InChI is InChI=1S/C15H23ClFN/c1-4-6-7-11(3)15(18-5-2)13-9-8-12(16)10-14(13)17/h8-11,15,18H,4-7H2,1-3H3. The van der Waals surface area contributed by atoms with Gasteiger partial charge in [0.1, 0.15) is 5.82 Å². The Labute approximate surface area is 115 Å². The number of rotatable bonds is 7. The molecule has 0 aliphatic rings. The van der Waals surface area contributed by atoms with E-state index in [1.54, 1.807) is 12.1 Å². The molecule has 2 atom stereocenters. The molecule has 0 aliphatic heterocycles. The number of unbranched alkanes of at least 4 members (excludes halogenated alkanes) is 1. The van der Waals surface area contributed by atoms with E-state index < -0.39 is 0 Å². The van der Waals surface area contributed by atoms with Gasteiger partial charge < -0.3 is 5.32 Å². The lowest BCUT2D eigenvalue weighted by atomic mass is 9.90. The Morgan fingerprint density at radius 1 is 1.33 bits per heavy atom. The second-order valence-corrected chi connectivity index (χ2v) is 5.26. The summed E-state index contributed by atoms with van der Waals surface area (Å²) in [5.74, 6) is 0.206. The van der Waals surface area contributed by atoms with Crippen molar-refractivity contribution in [3.05, 3.63) is 34.6 Å².